The maximum Gasteiger partial charge on any atom is 0.269 e. The number of carbonyl (C=O) groups excluding carboxylic acids is 3. The summed E-state index contributed by atoms with van der Waals surface area (Å²) < 4.78 is 12.8. The van der Waals surface area contributed by atoms with Crippen LogP contribution in [-0.2, 0) is 9.59 Å². The Morgan fingerprint density at radius 3 is 2.35 bits per heavy atom. The van der Waals surface area contributed by atoms with Gasteiger partial charge < -0.3 is 5.32 Å². The molecule has 0 aliphatic carbocycles. The van der Waals surface area contributed by atoms with Gasteiger partial charge in [-0.05, 0) is 48.9 Å². The van der Waals surface area contributed by atoms with Gasteiger partial charge in [0.25, 0.3) is 5.91 Å². The van der Waals surface area contributed by atoms with Gasteiger partial charge in [-0.3, -0.25) is 25.2 Å². The predicted octanol–water partition coefficient (Wildman–Crippen LogP) is 2.27. The molecule has 136 valence electrons. The molecule has 6 nitrogen and oxygen atoms in total. The predicted molar refractivity (Wildman–Crippen MR) is 99.1 cm³/mol. The fourth-order valence-corrected chi connectivity index (χ4v) is 2.61. The van der Waals surface area contributed by atoms with Crippen molar-refractivity contribution in [1.82, 2.24) is 10.9 Å². The standard InChI is InChI=1S/C18H18FN3O3S/c1-12-3-2-4-15(9-12)20-16(23)10-26-11-17(24)21-22-18(25)13-5-7-14(19)8-6-13/h2-9H,10-11H2,1H3,(H,20,23)(H,21,24)(H,22,25). The first-order chi connectivity index (χ1) is 12.4. The van der Waals surface area contributed by atoms with Crippen LogP contribution >= 0.6 is 11.8 Å². The average molecular weight is 375 g/mol. The largest absolute Gasteiger partial charge is 0.325 e. The van der Waals surface area contributed by atoms with Crippen molar-refractivity contribution in [3.8, 4) is 0 Å². The fourth-order valence-electron chi connectivity index (χ4n) is 1.99. The first kappa shape index (κ1) is 19.5. The van der Waals surface area contributed by atoms with Gasteiger partial charge in [0.05, 0.1) is 11.5 Å². The second kappa shape index (κ2) is 9.57. The topological polar surface area (TPSA) is 87.3 Å². The van der Waals surface area contributed by atoms with Crippen LogP contribution in [0, 0.1) is 12.7 Å². The van der Waals surface area contributed by atoms with Gasteiger partial charge in [0, 0.05) is 11.3 Å². The zero-order valence-electron chi connectivity index (χ0n) is 14.0. The Bertz CT molecular complexity index is 797. The summed E-state index contributed by atoms with van der Waals surface area (Å²) in [6, 6.07) is 12.3. The van der Waals surface area contributed by atoms with Crippen molar-refractivity contribution in [3.05, 3.63) is 65.5 Å². The number of halogens is 1. The lowest BCUT2D eigenvalue weighted by molar-refractivity contribution is -0.119. The van der Waals surface area contributed by atoms with E-state index in [0.29, 0.717) is 5.69 Å². The van der Waals surface area contributed by atoms with Gasteiger partial charge in [-0.2, -0.15) is 0 Å². The van der Waals surface area contributed by atoms with E-state index in [0.717, 1.165) is 29.5 Å². The Morgan fingerprint density at radius 1 is 0.962 bits per heavy atom. The molecule has 0 radical (unpaired) electrons. The van der Waals surface area contributed by atoms with Crippen LogP contribution in [0.3, 0.4) is 0 Å². The van der Waals surface area contributed by atoms with Gasteiger partial charge >= 0.3 is 0 Å². The van der Waals surface area contributed by atoms with Crippen LogP contribution in [-0.4, -0.2) is 29.2 Å². The molecule has 2 rings (SSSR count). The molecule has 0 aromatic heterocycles. The summed E-state index contributed by atoms with van der Waals surface area (Å²) >= 11 is 1.12. The molecule has 2 aromatic rings. The van der Waals surface area contributed by atoms with Crippen molar-refractivity contribution in [2.75, 3.05) is 16.8 Å². The maximum atomic E-state index is 12.8. The van der Waals surface area contributed by atoms with Crippen LogP contribution in [0.1, 0.15) is 15.9 Å². The fraction of sp³-hybridized carbons (Fsp3) is 0.167. The second-order valence-corrected chi connectivity index (χ2v) is 6.41. The van der Waals surface area contributed by atoms with E-state index >= 15 is 0 Å². The number of aryl methyl sites for hydroxylation is 1. The summed E-state index contributed by atoms with van der Waals surface area (Å²) in [6.07, 6.45) is 0. The Balaban J connectivity index is 1.66. The number of carbonyl (C=O) groups is 3. The quantitative estimate of drug-likeness (QED) is 0.676. The summed E-state index contributed by atoms with van der Waals surface area (Å²) in [6.45, 7) is 1.93. The van der Waals surface area contributed by atoms with Crippen LogP contribution in [0.4, 0.5) is 10.1 Å². The minimum absolute atomic E-state index is 0.00490. The van der Waals surface area contributed by atoms with E-state index in [2.05, 4.69) is 16.2 Å². The molecule has 3 N–H and O–H groups in total. The van der Waals surface area contributed by atoms with E-state index in [1.54, 1.807) is 6.07 Å². The number of amides is 3. The highest BCUT2D eigenvalue weighted by atomic mass is 32.2. The number of hydrazine groups is 1. The number of rotatable bonds is 6. The summed E-state index contributed by atoms with van der Waals surface area (Å²) in [7, 11) is 0. The van der Waals surface area contributed by atoms with Crippen molar-refractivity contribution in [2.45, 2.75) is 6.92 Å². The van der Waals surface area contributed by atoms with E-state index in [1.165, 1.54) is 12.1 Å². The summed E-state index contributed by atoms with van der Waals surface area (Å²) in [5.74, 6) is -1.57. The van der Waals surface area contributed by atoms with Crippen molar-refractivity contribution in [2.24, 2.45) is 0 Å². The number of nitrogens with one attached hydrogen (secondary N) is 3. The van der Waals surface area contributed by atoms with Crippen LogP contribution in [0.15, 0.2) is 48.5 Å². The maximum absolute atomic E-state index is 12.8. The number of thioether (sulfide) groups is 1. The lowest BCUT2D eigenvalue weighted by Gasteiger charge is -2.08. The third-order valence-corrected chi connectivity index (χ3v) is 4.12. The molecular weight excluding hydrogens is 357 g/mol. The molecule has 0 unspecified atom stereocenters. The van der Waals surface area contributed by atoms with Gasteiger partial charge in [0.1, 0.15) is 5.82 Å². The molecule has 0 aliphatic rings. The van der Waals surface area contributed by atoms with Gasteiger partial charge in [-0.15, -0.1) is 11.8 Å². The normalized spacial score (nSPS) is 10.1. The second-order valence-electron chi connectivity index (χ2n) is 5.42. The summed E-state index contributed by atoms with van der Waals surface area (Å²) in [4.78, 5) is 35.3. The van der Waals surface area contributed by atoms with Crippen molar-refractivity contribution >= 4 is 35.2 Å². The third-order valence-electron chi connectivity index (χ3n) is 3.19. The zero-order chi connectivity index (χ0) is 18.9. The Morgan fingerprint density at radius 2 is 1.65 bits per heavy atom. The monoisotopic (exact) mass is 375 g/mol. The smallest absolute Gasteiger partial charge is 0.269 e. The Labute approximate surface area is 154 Å². The first-order valence-electron chi connectivity index (χ1n) is 7.73. The van der Waals surface area contributed by atoms with E-state index < -0.39 is 17.6 Å². The number of hydrogen-bond acceptors (Lipinski definition) is 4. The summed E-state index contributed by atoms with van der Waals surface area (Å²) in [5, 5.41) is 2.74. The van der Waals surface area contributed by atoms with E-state index in [9.17, 15) is 18.8 Å². The minimum atomic E-state index is -0.555. The highest BCUT2D eigenvalue weighted by molar-refractivity contribution is 8.00. The van der Waals surface area contributed by atoms with E-state index in [4.69, 9.17) is 0 Å². The van der Waals surface area contributed by atoms with E-state index in [-0.39, 0.29) is 23.0 Å². The highest BCUT2D eigenvalue weighted by Crippen LogP contribution is 2.10. The molecule has 0 fully saturated rings. The van der Waals surface area contributed by atoms with Gasteiger partial charge in [0.15, 0.2) is 0 Å². The van der Waals surface area contributed by atoms with Gasteiger partial charge in [-0.1, -0.05) is 12.1 Å². The highest BCUT2D eigenvalue weighted by Gasteiger charge is 2.09. The average Bonchev–Trinajstić information content (AvgIpc) is 2.60. The Kier molecular flexibility index (Phi) is 7.16. The van der Waals surface area contributed by atoms with Crippen molar-refractivity contribution in [3.63, 3.8) is 0 Å². The van der Waals surface area contributed by atoms with Crippen LogP contribution in [0.5, 0.6) is 0 Å². The number of hydrogen-bond donors (Lipinski definition) is 3. The molecule has 0 bridgehead atoms. The van der Waals surface area contributed by atoms with Gasteiger partial charge in [-0.25, -0.2) is 4.39 Å². The molecule has 0 saturated carbocycles. The lowest BCUT2D eigenvalue weighted by atomic mass is 10.2. The zero-order valence-corrected chi connectivity index (χ0v) is 14.9. The van der Waals surface area contributed by atoms with Crippen LogP contribution < -0.4 is 16.2 Å². The number of anilines is 1. The lowest BCUT2D eigenvalue weighted by Crippen LogP contribution is -2.42. The van der Waals surface area contributed by atoms with Crippen LogP contribution in [0.25, 0.3) is 0 Å². The molecule has 0 spiro atoms. The molecule has 0 saturated heterocycles. The molecule has 0 atom stereocenters. The molecule has 26 heavy (non-hydrogen) atoms. The molecular formula is C18H18FN3O3S. The third kappa shape index (κ3) is 6.56. The number of benzene rings is 2. The van der Waals surface area contributed by atoms with Crippen LogP contribution in [0.2, 0.25) is 0 Å². The van der Waals surface area contributed by atoms with Crippen molar-refractivity contribution < 1.29 is 18.8 Å². The molecule has 2 aromatic carbocycles. The molecule has 0 heterocycles. The SMILES string of the molecule is Cc1cccc(NC(=O)CSCC(=O)NNC(=O)c2ccc(F)cc2)c1. The van der Waals surface area contributed by atoms with Crippen molar-refractivity contribution in [1.29, 1.82) is 0 Å². The molecule has 8 heteroatoms. The first-order valence-corrected chi connectivity index (χ1v) is 8.88. The van der Waals surface area contributed by atoms with Gasteiger partial charge in [0.2, 0.25) is 11.8 Å². The molecule has 3 amide bonds. The Hall–Kier alpha value is -2.87. The summed E-state index contributed by atoms with van der Waals surface area (Å²) in [5.41, 5.74) is 6.42. The van der Waals surface area contributed by atoms with E-state index in [1.807, 2.05) is 25.1 Å². The minimum Gasteiger partial charge on any atom is -0.325 e. The molecule has 0 aliphatic heterocycles.